The lowest BCUT2D eigenvalue weighted by Crippen LogP contribution is -2.59. The van der Waals surface area contributed by atoms with Gasteiger partial charge in [0.15, 0.2) is 0 Å². The van der Waals surface area contributed by atoms with Gasteiger partial charge < -0.3 is 9.13 Å². The highest BCUT2D eigenvalue weighted by atomic mass is 15.0. The number of para-hydroxylation sites is 4. The van der Waals surface area contributed by atoms with Crippen molar-refractivity contribution in [2.75, 3.05) is 0 Å². The first-order valence-electron chi connectivity index (χ1n) is 14.4. The second-order valence-electron chi connectivity index (χ2n) is 11.5. The quantitative estimate of drug-likeness (QED) is 0.225. The molecular formula is C38H19BN4. The Morgan fingerprint density at radius 3 is 1.49 bits per heavy atom. The minimum atomic E-state index is 0.0433. The van der Waals surface area contributed by atoms with Crippen LogP contribution in [0.2, 0.25) is 0 Å². The predicted molar refractivity (Wildman–Crippen MR) is 175 cm³/mol. The molecule has 2 aliphatic rings. The number of nitrogens with zero attached hydrogens (tertiary/aromatic N) is 4. The van der Waals surface area contributed by atoms with E-state index in [1.165, 1.54) is 49.0 Å². The summed E-state index contributed by atoms with van der Waals surface area (Å²) in [5, 5.41) is 25.2. The Balaban J connectivity index is 1.49. The van der Waals surface area contributed by atoms with Gasteiger partial charge in [0.2, 0.25) is 0 Å². The number of rotatable bonds is 1. The van der Waals surface area contributed by atoms with Crippen molar-refractivity contribution in [3.05, 3.63) is 126 Å². The maximum absolute atomic E-state index is 10.2. The Hall–Kier alpha value is -6.04. The molecule has 43 heavy (non-hydrogen) atoms. The van der Waals surface area contributed by atoms with E-state index in [0.717, 1.165) is 28.0 Å². The van der Waals surface area contributed by atoms with Gasteiger partial charge in [0.05, 0.1) is 34.3 Å². The first kappa shape index (κ1) is 22.6. The van der Waals surface area contributed by atoms with Crippen LogP contribution in [0.1, 0.15) is 11.1 Å². The number of benzene rings is 6. The van der Waals surface area contributed by atoms with Crippen molar-refractivity contribution < 1.29 is 0 Å². The van der Waals surface area contributed by atoms with E-state index in [2.05, 4.69) is 118 Å². The van der Waals surface area contributed by atoms with Gasteiger partial charge in [0.25, 0.3) is 6.71 Å². The maximum atomic E-state index is 10.2. The summed E-state index contributed by atoms with van der Waals surface area (Å²) in [5.41, 5.74) is 13.3. The van der Waals surface area contributed by atoms with E-state index in [1.807, 2.05) is 0 Å². The molecule has 0 N–H and O–H groups in total. The fourth-order valence-corrected chi connectivity index (χ4v) is 8.02. The average molecular weight is 542 g/mol. The van der Waals surface area contributed by atoms with Gasteiger partial charge in [-0.15, -0.1) is 0 Å². The normalized spacial score (nSPS) is 12.6. The monoisotopic (exact) mass is 542 g/mol. The minimum Gasteiger partial charge on any atom is -0.310 e. The van der Waals surface area contributed by atoms with Gasteiger partial charge in [-0.05, 0) is 58.4 Å². The summed E-state index contributed by atoms with van der Waals surface area (Å²) in [6.07, 6.45) is 0. The van der Waals surface area contributed by atoms with E-state index in [9.17, 15) is 10.5 Å². The molecule has 0 fully saturated rings. The first-order chi connectivity index (χ1) is 21.3. The van der Waals surface area contributed by atoms with E-state index in [-0.39, 0.29) is 6.71 Å². The summed E-state index contributed by atoms with van der Waals surface area (Å²) in [6.45, 7) is 0.0433. The summed E-state index contributed by atoms with van der Waals surface area (Å²) in [7, 11) is 0. The van der Waals surface area contributed by atoms with Crippen molar-refractivity contribution >= 4 is 66.7 Å². The second kappa shape index (κ2) is 7.82. The third kappa shape index (κ3) is 2.61. The van der Waals surface area contributed by atoms with Crippen molar-refractivity contribution in [1.82, 2.24) is 9.13 Å². The van der Waals surface area contributed by atoms with Crippen LogP contribution in [0, 0.1) is 22.7 Å². The van der Waals surface area contributed by atoms with Crippen LogP contribution < -0.4 is 16.4 Å². The molecule has 2 aromatic heterocycles. The molecule has 0 aliphatic carbocycles. The van der Waals surface area contributed by atoms with Gasteiger partial charge in [-0.25, -0.2) is 0 Å². The van der Waals surface area contributed by atoms with Crippen LogP contribution in [0.4, 0.5) is 0 Å². The maximum Gasteiger partial charge on any atom is 0.252 e. The Morgan fingerprint density at radius 2 is 0.977 bits per heavy atom. The molecule has 0 saturated carbocycles. The molecule has 194 valence electrons. The van der Waals surface area contributed by atoms with Crippen LogP contribution in [-0.2, 0) is 0 Å². The first-order valence-corrected chi connectivity index (χ1v) is 14.4. The number of hydrogen-bond donors (Lipinski definition) is 0. The van der Waals surface area contributed by atoms with Gasteiger partial charge in [-0.2, -0.15) is 10.5 Å². The fourth-order valence-electron chi connectivity index (χ4n) is 8.02. The number of aromatic nitrogens is 2. The van der Waals surface area contributed by atoms with Crippen molar-refractivity contribution in [1.29, 1.82) is 10.5 Å². The number of nitriles is 2. The lowest BCUT2D eigenvalue weighted by Gasteiger charge is -2.34. The van der Waals surface area contributed by atoms with Crippen LogP contribution in [0.15, 0.2) is 115 Å². The molecular weight excluding hydrogens is 523 g/mol. The van der Waals surface area contributed by atoms with Gasteiger partial charge in [0, 0.05) is 49.5 Å². The summed E-state index contributed by atoms with van der Waals surface area (Å²) in [4.78, 5) is 0. The summed E-state index contributed by atoms with van der Waals surface area (Å²) in [6, 6.07) is 45.2. The van der Waals surface area contributed by atoms with Gasteiger partial charge in [0.1, 0.15) is 0 Å². The van der Waals surface area contributed by atoms with E-state index in [4.69, 9.17) is 0 Å². The molecule has 0 saturated heterocycles. The van der Waals surface area contributed by atoms with Crippen LogP contribution in [0.25, 0.3) is 66.1 Å². The molecule has 2 aliphatic heterocycles. The molecule has 4 nitrogen and oxygen atoms in total. The molecule has 5 heteroatoms. The highest BCUT2D eigenvalue weighted by molar-refractivity contribution is 7.00. The van der Waals surface area contributed by atoms with Crippen molar-refractivity contribution in [2.45, 2.75) is 0 Å². The Kier molecular flexibility index (Phi) is 4.12. The van der Waals surface area contributed by atoms with Crippen LogP contribution in [0.5, 0.6) is 0 Å². The number of hydrogen-bond acceptors (Lipinski definition) is 2. The minimum absolute atomic E-state index is 0.0433. The van der Waals surface area contributed by atoms with Crippen molar-refractivity contribution in [3.8, 4) is 34.6 Å². The topological polar surface area (TPSA) is 57.4 Å². The smallest absolute Gasteiger partial charge is 0.252 e. The zero-order chi connectivity index (χ0) is 28.4. The van der Waals surface area contributed by atoms with E-state index < -0.39 is 0 Å². The molecule has 0 atom stereocenters. The zero-order valence-electron chi connectivity index (χ0n) is 22.8. The molecule has 6 aromatic carbocycles. The molecule has 10 rings (SSSR count). The largest absolute Gasteiger partial charge is 0.310 e. The fraction of sp³-hybridized carbons (Fsp3) is 0. The third-order valence-electron chi connectivity index (χ3n) is 9.57. The molecule has 4 heterocycles. The molecule has 0 spiro atoms. The van der Waals surface area contributed by atoms with Gasteiger partial charge >= 0.3 is 0 Å². The second-order valence-corrected chi connectivity index (χ2v) is 11.5. The Bertz CT molecular complexity index is 2480. The standard InChI is InChI=1S/C38H19BN4/c40-20-22-8-5-9-23(21-41)35(22)24-18-33-36-34(19-24)43-32-17-4-2-11-26(32)28-13-7-15-30(38(28)43)39(36)29-14-6-12-27-25-10-1-3-16-31(25)42(33)37(27)29/h1-19H. The predicted octanol–water partition coefficient (Wildman–Crippen LogP) is 6.43. The molecule has 0 unspecified atom stereocenters. The zero-order valence-corrected chi connectivity index (χ0v) is 22.8. The summed E-state index contributed by atoms with van der Waals surface area (Å²) < 4.78 is 4.83. The van der Waals surface area contributed by atoms with Crippen molar-refractivity contribution in [2.24, 2.45) is 0 Å². The van der Waals surface area contributed by atoms with Crippen LogP contribution in [0.3, 0.4) is 0 Å². The summed E-state index contributed by atoms with van der Waals surface area (Å²) >= 11 is 0. The van der Waals surface area contributed by atoms with Crippen LogP contribution >= 0.6 is 0 Å². The lowest BCUT2D eigenvalue weighted by atomic mass is 9.34. The third-order valence-corrected chi connectivity index (χ3v) is 9.57. The Morgan fingerprint density at radius 1 is 0.512 bits per heavy atom. The molecule has 0 bridgehead atoms. The van der Waals surface area contributed by atoms with E-state index in [1.54, 1.807) is 18.2 Å². The number of fused-ring (bicyclic) bond motifs is 10. The van der Waals surface area contributed by atoms with Crippen molar-refractivity contribution in [3.63, 3.8) is 0 Å². The highest BCUT2D eigenvalue weighted by Gasteiger charge is 2.41. The van der Waals surface area contributed by atoms with E-state index in [0.29, 0.717) is 16.7 Å². The SMILES string of the molecule is N#Cc1cccc(C#N)c1-c1cc2c3c(c1)-n1c4ccccc4c4cccc(c41)B3c1cccc3c4ccccc4n-2c13. The summed E-state index contributed by atoms with van der Waals surface area (Å²) in [5.74, 6) is 0. The highest BCUT2D eigenvalue weighted by Crippen LogP contribution is 2.41. The average Bonchev–Trinajstić information content (AvgIpc) is 3.59. The van der Waals surface area contributed by atoms with Gasteiger partial charge in [-0.1, -0.05) is 78.9 Å². The van der Waals surface area contributed by atoms with E-state index >= 15 is 0 Å². The Labute approximate surface area is 246 Å². The molecule has 0 radical (unpaired) electrons. The molecule has 8 aromatic rings. The lowest BCUT2D eigenvalue weighted by molar-refractivity contribution is 1.14. The van der Waals surface area contributed by atoms with Gasteiger partial charge in [-0.3, -0.25) is 0 Å². The molecule has 0 amide bonds. The van der Waals surface area contributed by atoms with Crippen LogP contribution in [-0.4, -0.2) is 15.8 Å².